The Labute approximate surface area is 352 Å². The van der Waals surface area contributed by atoms with Crippen LogP contribution in [0, 0.1) is 17.7 Å². The van der Waals surface area contributed by atoms with Gasteiger partial charge in [0, 0.05) is 48.4 Å². The number of rotatable bonds is 10. The summed E-state index contributed by atoms with van der Waals surface area (Å²) in [7, 11) is 4.45. The molecule has 0 saturated carbocycles. The van der Waals surface area contributed by atoms with Gasteiger partial charge in [0.05, 0.1) is 44.0 Å². The number of carbonyl (C=O) groups is 4. The van der Waals surface area contributed by atoms with Gasteiger partial charge in [-0.1, -0.05) is 39.8 Å². The lowest BCUT2D eigenvalue weighted by atomic mass is 9.85. The SMILES string of the molecule is COC(=O)NC(C(=O)N1CCN(C)CC1c1ncc(-c2ccc3c(c2)Oc2cc(-c4cnc(C5CCCN5C(=O)C(NC(=O)OC)C(C)C)[nH]4)c(F)cc2C3(C)F)[nH]1)C(C)C. The van der Waals surface area contributed by atoms with Crippen molar-refractivity contribution in [1.82, 2.24) is 45.3 Å². The first kappa shape index (κ1) is 43.1. The van der Waals surface area contributed by atoms with Gasteiger partial charge < -0.3 is 49.5 Å². The Morgan fingerprint density at radius 2 is 1.39 bits per heavy atom. The smallest absolute Gasteiger partial charge is 0.407 e. The molecule has 3 aliphatic rings. The van der Waals surface area contributed by atoms with Crippen molar-refractivity contribution in [3.05, 3.63) is 71.3 Å². The summed E-state index contributed by atoms with van der Waals surface area (Å²) in [6.45, 7) is 10.7. The van der Waals surface area contributed by atoms with E-state index in [1.807, 2.05) is 34.7 Å². The summed E-state index contributed by atoms with van der Waals surface area (Å²) in [6.07, 6.45) is 3.04. The third-order valence-electron chi connectivity index (χ3n) is 11.9. The minimum atomic E-state index is -2.12. The number of alkyl carbamates (subject to hydrolysis) is 2. The lowest BCUT2D eigenvalue weighted by Crippen LogP contribution is -2.57. The summed E-state index contributed by atoms with van der Waals surface area (Å²) < 4.78 is 48.7. The maximum absolute atomic E-state index is 16.8. The number of amides is 4. The number of hydrogen-bond acceptors (Lipinski definition) is 10. The number of nitrogens with one attached hydrogen (secondary N) is 4. The van der Waals surface area contributed by atoms with Gasteiger partial charge in [-0.2, -0.15) is 0 Å². The molecular weight excluding hydrogens is 793 g/mol. The highest BCUT2D eigenvalue weighted by Gasteiger charge is 2.42. The van der Waals surface area contributed by atoms with Gasteiger partial charge in [-0.25, -0.2) is 28.3 Å². The molecule has 4 amide bonds. The molecule has 61 heavy (non-hydrogen) atoms. The van der Waals surface area contributed by atoms with Crippen LogP contribution in [0.2, 0.25) is 0 Å². The molecule has 2 fully saturated rings. The number of alkyl halides is 1. The fourth-order valence-corrected chi connectivity index (χ4v) is 8.42. The van der Waals surface area contributed by atoms with E-state index in [1.54, 1.807) is 34.2 Å². The molecule has 5 unspecified atom stereocenters. The number of fused-ring (bicyclic) bond motifs is 2. The number of likely N-dealkylation sites (tertiary alicyclic amines) is 1. The first-order valence-corrected chi connectivity index (χ1v) is 20.5. The van der Waals surface area contributed by atoms with Crippen LogP contribution in [0.5, 0.6) is 11.5 Å². The zero-order chi connectivity index (χ0) is 43.9. The number of aromatic nitrogens is 4. The van der Waals surface area contributed by atoms with E-state index in [0.717, 1.165) is 6.07 Å². The fourth-order valence-electron chi connectivity index (χ4n) is 8.42. The lowest BCUT2D eigenvalue weighted by molar-refractivity contribution is -0.139. The number of likely N-dealkylation sites (N-methyl/N-ethyl adjacent to an activating group) is 1. The van der Waals surface area contributed by atoms with Gasteiger partial charge in [0.2, 0.25) is 11.8 Å². The van der Waals surface area contributed by atoms with Crippen LogP contribution >= 0.6 is 0 Å². The van der Waals surface area contributed by atoms with Gasteiger partial charge in [0.25, 0.3) is 0 Å². The molecule has 3 aliphatic heterocycles. The van der Waals surface area contributed by atoms with E-state index in [-0.39, 0.29) is 51.8 Å². The van der Waals surface area contributed by atoms with Crippen molar-refractivity contribution in [2.24, 2.45) is 11.8 Å². The quantitative estimate of drug-likeness (QED) is 0.144. The highest BCUT2D eigenvalue weighted by atomic mass is 19.1. The Kier molecular flexibility index (Phi) is 12.1. The summed E-state index contributed by atoms with van der Waals surface area (Å²) in [5.41, 5.74) is -0.208. The molecule has 4 N–H and O–H groups in total. The van der Waals surface area contributed by atoms with Gasteiger partial charge in [-0.3, -0.25) is 9.59 Å². The first-order chi connectivity index (χ1) is 29.0. The topological polar surface area (TPSA) is 187 Å². The van der Waals surface area contributed by atoms with Gasteiger partial charge in [-0.15, -0.1) is 0 Å². The third kappa shape index (κ3) is 8.37. The molecule has 0 aliphatic carbocycles. The molecule has 4 aromatic rings. The number of aromatic amines is 2. The Morgan fingerprint density at radius 1 is 0.820 bits per heavy atom. The average Bonchev–Trinajstić information content (AvgIpc) is 4.03. The number of benzene rings is 2. The Balaban J connectivity index is 1.13. The molecule has 0 bridgehead atoms. The maximum atomic E-state index is 16.8. The molecule has 5 heterocycles. The van der Waals surface area contributed by atoms with Crippen LogP contribution in [0.3, 0.4) is 0 Å². The van der Waals surface area contributed by atoms with E-state index < -0.39 is 47.8 Å². The van der Waals surface area contributed by atoms with Crippen LogP contribution in [-0.2, 0) is 24.7 Å². The summed E-state index contributed by atoms with van der Waals surface area (Å²) in [4.78, 5) is 72.9. The van der Waals surface area contributed by atoms with Crippen LogP contribution in [0.15, 0.2) is 42.7 Å². The number of ether oxygens (including phenoxy) is 3. The molecule has 5 atom stereocenters. The minimum Gasteiger partial charge on any atom is -0.456 e. The first-order valence-electron chi connectivity index (χ1n) is 20.5. The number of nitrogens with zero attached hydrogens (tertiary/aromatic N) is 5. The zero-order valence-corrected chi connectivity index (χ0v) is 35.6. The fraction of sp³-hybridized carbons (Fsp3) is 0.488. The van der Waals surface area contributed by atoms with Gasteiger partial charge in [0.1, 0.15) is 47.1 Å². The second kappa shape index (κ2) is 17.1. The second-order valence-corrected chi connectivity index (χ2v) is 16.7. The second-order valence-electron chi connectivity index (χ2n) is 16.7. The molecule has 0 radical (unpaired) electrons. The monoisotopic (exact) mass is 845 g/mol. The van der Waals surface area contributed by atoms with Crippen molar-refractivity contribution in [3.8, 4) is 34.0 Å². The third-order valence-corrected chi connectivity index (χ3v) is 11.9. The highest BCUT2D eigenvalue weighted by molar-refractivity contribution is 5.87. The molecule has 18 heteroatoms. The van der Waals surface area contributed by atoms with E-state index in [0.29, 0.717) is 67.6 Å². The largest absolute Gasteiger partial charge is 0.456 e. The van der Waals surface area contributed by atoms with E-state index in [9.17, 15) is 19.2 Å². The maximum Gasteiger partial charge on any atom is 0.407 e. The molecule has 2 aromatic heterocycles. The number of methoxy groups -OCH3 is 2. The number of halogens is 2. The normalized spacial score (nSPS) is 21.0. The van der Waals surface area contributed by atoms with Crippen molar-refractivity contribution < 1.29 is 42.2 Å². The number of imidazole rings is 2. The van der Waals surface area contributed by atoms with Crippen LogP contribution < -0.4 is 15.4 Å². The summed E-state index contributed by atoms with van der Waals surface area (Å²) in [5.74, 6) is -0.271. The van der Waals surface area contributed by atoms with Crippen LogP contribution in [0.4, 0.5) is 18.4 Å². The Morgan fingerprint density at radius 3 is 2.02 bits per heavy atom. The van der Waals surface area contributed by atoms with Crippen molar-refractivity contribution in [3.63, 3.8) is 0 Å². The molecule has 2 saturated heterocycles. The summed E-state index contributed by atoms with van der Waals surface area (Å²) in [6, 6.07) is 5.11. The predicted octanol–water partition coefficient (Wildman–Crippen LogP) is 6.18. The molecule has 2 aromatic carbocycles. The van der Waals surface area contributed by atoms with E-state index >= 15 is 8.78 Å². The number of H-pyrrole nitrogens is 2. The highest BCUT2D eigenvalue weighted by Crippen LogP contribution is 2.51. The Hall–Kier alpha value is -6.04. The molecule has 16 nitrogen and oxygen atoms in total. The molecular formula is C43H53F2N9O7. The summed E-state index contributed by atoms with van der Waals surface area (Å²) in [5, 5.41) is 5.30. The van der Waals surface area contributed by atoms with Gasteiger partial charge in [-0.05, 0) is 56.8 Å². The zero-order valence-electron chi connectivity index (χ0n) is 35.6. The van der Waals surface area contributed by atoms with E-state index in [4.69, 9.17) is 14.2 Å². The summed E-state index contributed by atoms with van der Waals surface area (Å²) >= 11 is 0. The molecule has 0 spiro atoms. The van der Waals surface area contributed by atoms with Crippen LogP contribution in [0.1, 0.15) is 82.3 Å². The Bertz CT molecular complexity index is 2310. The molecule has 7 rings (SSSR count). The standard InChI is InChI=1S/C43H53F2N9O7/c1-22(2)35(50-41(57)59-7)39(55)53-13-9-10-31(53)37-47-20-30(49-37)25-17-34-27(18-28(25)44)43(5,45)26-12-11-24(16-33(26)61-34)29-19-46-38(48-29)32-21-52(6)14-15-54(32)40(56)36(23(3)4)51-42(58)60-8/h11-12,16-20,22-23,31-32,35-36H,9-10,13-15,21H2,1-8H3,(H,46,48)(H,47,49)(H,50,57)(H,51,58). The minimum absolute atomic E-state index is 0.0236. The van der Waals surface area contributed by atoms with Gasteiger partial charge in [0.15, 0.2) is 5.67 Å². The van der Waals surface area contributed by atoms with Crippen molar-refractivity contribution in [2.45, 2.75) is 77.3 Å². The van der Waals surface area contributed by atoms with E-state index in [2.05, 4.69) is 35.5 Å². The average molecular weight is 846 g/mol. The van der Waals surface area contributed by atoms with Crippen molar-refractivity contribution in [1.29, 1.82) is 0 Å². The predicted molar refractivity (Wildman–Crippen MR) is 220 cm³/mol. The van der Waals surface area contributed by atoms with E-state index in [1.165, 1.54) is 33.4 Å². The van der Waals surface area contributed by atoms with Crippen molar-refractivity contribution in [2.75, 3.05) is 47.4 Å². The van der Waals surface area contributed by atoms with Gasteiger partial charge >= 0.3 is 12.2 Å². The molecule has 326 valence electrons. The number of carbonyl (C=O) groups excluding carboxylic acids is 4. The number of piperazine rings is 1. The lowest BCUT2D eigenvalue weighted by Gasteiger charge is -2.41. The van der Waals surface area contributed by atoms with Crippen LogP contribution in [-0.4, -0.2) is 118 Å². The van der Waals surface area contributed by atoms with Crippen LogP contribution in [0.25, 0.3) is 22.5 Å². The van der Waals surface area contributed by atoms with Crippen molar-refractivity contribution >= 4 is 24.0 Å². The number of hydrogen-bond donors (Lipinski definition) is 4.